The van der Waals surface area contributed by atoms with Gasteiger partial charge in [0, 0.05) is 50.4 Å². The van der Waals surface area contributed by atoms with Crippen molar-refractivity contribution in [2.45, 2.75) is 51.0 Å². The predicted octanol–water partition coefficient (Wildman–Crippen LogP) is 2.26. The molecule has 2 amide bonds. The summed E-state index contributed by atoms with van der Waals surface area (Å²) in [6.45, 7) is 2.41. The monoisotopic (exact) mass is 341 g/mol. The Bertz CT molecular complexity index is 629. The zero-order chi connectivity index (χ0) is 17.2. The van der Waals surface area contributed by atoms with E-state index < -0.39 is 0 Å². The summed E-state index contributed by atoms with van der Waals surface area (Å²) in [6, 6.07) is 4.15. The van der Waals surface area contributed by atoms with Gasteiger partial charge in [0.15, 0.2) is 0 Å². The van der Waals surface area contributed by atoms with Gasteiger partial charge in [0.1, 0.15) is 0 Å². The second-order valence-electron chi connectivity index (χ2n) is 7.88. The third-order valence-electron chi connectivity index (χ3n) is 6.15. The largest absolute Gasteiger partial charge is 0.340 e. The van der Waals surface area contributed by atoms with Crippen LogP contribution in [-0.4, -0.2) is 52.3 Å². The molecule has 1 aromatic rings. The minimum atomic E-state index is 0.212. The fourth-order valence-electron chi connectivity index (χ4n) is 4.42. The van der Waals surface area contributed by atoms with Gasteiger partial charge in [-0.3, -0.25) is 14.6 Å². The van der Waals surface area contributed by atoms with Crippen LogP contribution >= 0.6 is 0 Å². The second-order valence-corrected chi connectivity index (χ2v) is 7.88. The van der Waals surface area contributed by atoms with Crippen LogP contribution in [0.25, 0.3) is 0 Å². The van der Waals surface area contributed by atoms with Crippen molar-refractivity contribution in [1.29, 1.82) is 0 Å². The Morgan fingerprint density at radius 3 is 2.72 bits per heavy atom. The van der Waals surface area contributed by atoms with E-state index in [1.165, 1.54) is 6.42 Å². The van der Waals surface area contributed by atoms with Gasteiger partial charge in [0.05, 0.1) is 0 Å². The summed E-state index contributed by atoms with van der Waals surface area (Å²) in [6.07, 6.45) is 10.3. The maximum absolute atomic E-state index is 12.8. The number of nitrogens with zero attached hydrogens (tertiary/aromatic N) is 3. The van der Waals surface area contributed by atoms with Gasteiger partial charge in [0.25, 0.3) is 0 Å². The number of aryl methyl sites for hydroxylation is 1. The fourth-order valence-corrected chi connectivity index (χ4v) is 4.42. The van der Waals surface area contributed by atoms with Crippen molar-refractivity contribution in [3.05, 3.63) is 30.1 Å². The van der Waals surface area contributed by atoms with Crippen LogP contribution in [0.4, 0.5) is 0 Å². The van der Waals surface area contributed by atoms with Gasteiger partial charge in [0.2, 0.25) is 11.8 Å². The average Bonchev–Trinajstić information content (AvgIpc) is 2.91. The lowest BCUT2D eigenvalue weighted by atomic mass is 9.84. The summed E-state index contributed by atoms with van der Waals surface area (Å²) < 4.78 is 0. The first-order valence-corrected chi connectivity index (χ1v) is 9.68. The van der Waals surface area contributed by atoms with Gasteiger partial charge in [-0.2, -0.15) is 0 Å². The Labute approximate surface area is 149 Å². The van der Waals surface area contributed by atoms with Crippen molar-refractivity contribution < 1.29 is 9.59 Å². The van der Waals surface area contributed by atoms with E-state index in [1.54, 1.807) is 6.20 Å². The molecular formula is C20H27N3O2. The van der Waals surface area contributed by atoms with Crippen molar-refractivity contribution in [3.63, 3.8) is 0 Å². The number of hydrogen-bond acceptors (Lipinski definition) is 3. The second kappa shape index (κ2) is 7.14. The summed E-state index contributed by atoms with van der Waals surface area (Å²) >= 11 is 0. The molecule has 0 spiro atoms. The molecule has 134 valence electrons. The molecule has 1 saturated carbocycles. The molecular weight excluding hydrogens is 314 g/mol. The van der Waals surface area contributed by atoms with Gasteiger partial charge in [-0.25, -0.2) is 0 Å². The molecule has 2 atom stereocenters. The van der Waals surface area contributed by atoms with E-state index in [0.717, 1.165) is 57.3 Å². The summed E-state index contributed by atoms with van der Waals surface area (Å²) in [5.41, 5.74) is 1.11. The van der Waals surface area contributed by atoms with Crippen LogP contribution < -0.4 is 0 Å². The number of hydrogen-bond donors (Lipinski definition) is 0. The quantitative estimate of drug-likeness (QED) is 0.844. The third-order valence-corrected chi connectivity index (χ3v) is 6.15. The Hall–Kier alpha value is -1.91. The molecule has 0 N–H and O–H groups in total. The lowest BCUT2D eigenvalue weighted by Gasteiger charge is -2.36. The van der Waals surface area contributed by atoms with Crippen LogP contribution in [0.1, 0.15) is 44.1 Å². The van der Waals surface area contributed by atoms with Gasteiger partial charge >= 0.3 is 0 Å². The number of rotatable bonds is 4. The Balaban J connectivity index is 1.38. The molecule has 1 aromatic heterocycles. The van der Waals surface area contributed by atoms with E-state index in [-0.39, 0.29) is 17.9 Å². The Kier molecular flexibility index (Phi) is 4.73. The number of fused-ring (bicyclic) bond motifs is 4. The first-order valence-electron chi connectivity index (χ1n) is 9.68. The van der Waals surface area contributed by atoms with Gasteiger partial charge in [-0.1, -0.05) is 12.5 Å². The molecule has 25 heavy (non-hydrogen) atoms. The topological polar surface area (TPSA) is 53.5 Å². The number of piperidine rings is 1. The standard InChI is InChI=1S/C20H27N3O2/c24-19(9-7-15-3-2-10-21-11-15)23-13-16-6-8-18(23)14-22(12-16)20(25)17-4-1-5-17/h2-3,10-11,16-18H,1,4-9,12-14H2/t16-,18+/m0/s1. The fraction of sp³-hybridized carbons (Fsp3) is 0.650. The molecule has 5 heteroatoms. The highest BCUT2D eigenvalue weighted by molar-refractivity contribution is 5.80. The molecule has 4 fully saturated rings. The summed E-state index contributed by atoms with van der Waals surface area (Å²) in [4.78, 5) is 33.7. The van der Waals surface area contributed by atoms with Crippen molar-refractivity contribution in [2.75, 3.05) is 19.6 Å². The predicted molar refractivity (Wildman–Crippen MR) is 94.7 cm³/mol. The minimum Gasteiger partial charge on any atom is -0.340 e. The first kappa shape index (κ1) is 16.6. The van der Waals surface area contributed by atoms with E-state index in [1.807, 2.05) is 18.3 Å². The van der Waals surface area contributed by atoms with E-state index in [2.05, 4.69) is 14.8 Å². The van der Waals surface area contributed by atoms with E-state index in [9.17, 15) is 9.59 Å². The zero-order valence-corrected chi connectivity index (χ0v) is 14.8. The molecule has 4 heterocycles. The molecule has 0 aromatic carbocycles. The van der Waals surface area contributed by atoms with E-state index in [4.69, 9.17) is 0 Å². The maximum atomic E-state index is 12.8. The van der Waals surface area contributed by atoms with E-state index >= 15 is 0 Å². The highest BCUT2D eigenvalue weighted by Crippen LogP contribution is 2.33. The average molecular weight is 341 g/mol. The van der Waals surface area contributed by atoms with Crippen LogP contribution in [-0.2, 0) is 16.0 Å². The van der Waals surface area contributed by atoms with Crippen LogP contribution in [0.3, 0.4) is 0 Å². The van der Waals surface area contributed by atoms with Crippen LogP contribution in [0, 0.1) is 11.8 Å². The SMILES string of the molecule is O=C(C1CCC1)N1C[C@@H]2CC[C@H](C1)N(C(=O)CCc1cccnc1)C2. The third kappa shape index (κ3) is 3.55. The Morgan fingerprint density at radius 1 is 1.12 bits per heavy atom. The van der Waals surface area contributed by atoms with Crippen molar-refractivity contribution in [1.82, 2.24) is 14.8 Å². The Morgan fingerprint density at radius 2 is 2.00 bits per heavy atom. The zero-order valence-electron chi connectivity index (χ0n) is 14.8. The lowest BCUT2D eigenvalue weighted by molar-refractivity contribution is -0.140. The normalized spacial score (nSPS) is 26.2. The number of carbonyl (C=O) groups excluding carboxylic acids is 2. The summed E-state index contributed by atoms with van der Waals surface area (Å²) in [5, 5.41) is 0. The molecule has 3 saturated heterocycles. The number of amides is 2. The molecule has 0 radical (unpaired) electrons. The maximum Gasteiger partial charge on any atom is 0.225 e. The van der Waals surface area contributed by atoms with Gasteiger partial charge < -0.3 is 9.80 Å². The van der Waals surface area contributed by atoms with Crippen molar-refractivity contribution in [2.24, 2.45) is 11.8 Å². The molecule has 5 nitrogen and oxygen atoms in total. The smallest absolute Gasteiger partial charge is 0.225 e. The highest BCUT2D eigenvalue weighted by Gasteiger charge is 2.40. The first-order chi connectivity index (χ1) is 12.2. The van der Waals surface area contributed by atoms with Crippen LogP contribution in [0.5, 0.6) is 0 Å². The van der Waals surface area contributed by atoms with E-state index in [0.29, 0.717) is 18.2 Å². The van der Waals surface area contributed by atoms with Crippen molar-refractivity contribution in [3.8, 4) is 0 Å². The molecule has 2 bridgehead atoms. The molecule has 1 aliphatic carbocycles. The summed E-state index contributed by atoms with van der Waals surface area (Å²) in [5.74, 6) is 1.28. The lowest BCUT2D eigenvalue weighted by Crippen LogP contribution is -2.48. The van der Waals surface area contributed by atoms with Gasteiger partial charge in [-0.05, 0) is 49.7 Å². The van der Waals surface area contributed by atoms with Crippen molar-refractivity contribution >= 4 is 11.8 Å². The number of aromatic nitrogens is 1. The van der Waals surface area contributed by atoms with Crippen LogP contribution in [0.2, 0.25) is 0 Å². The highest BCUT2D eigenvalue weighted by atomic mass is 16.2. The number of pyridine rings is 1. The molecule has 0 unspecified atom stereocenters. The number of carbonyl (C=O) groups is 2. The summed E-state index contributed by atoms with van der Waals surface area (Å²) in [7, 11) is 0. The van der Waals surface area contributed by atoms with Gasteiger partial charge in [-0.15, -0.1) is 0 Å². The molecule has 4 aliphatic rings. The molecule has 3 aliphatic heterocycles. The minimum absolute atomic E-state index is 0.212. The molecule has 5 rings (SSSR count). The van der Waals surface area contributed by atoms with Crippen LogP contribution in [0.15, 0.2) is 24.5 Å².